The fourth-order valence-corrected chi connectivity index (χ4v) is 5.06. The van der Waals surface area contributed by atoms with Crippen molar-refractivity contribution >= 4 is 33.2 Å². The van der Waals surface area contributed by atoms with Crippen molar-refractivity contribution in [2.75, 3.05) is 11.8 Å². The highest BCUT2D eigenvalue weighted by Gasteiger charge is 2.22. The fraction of sp³-hybridized carbons (Fsp3) is 0.240. The predicted molar refractivity (Wildman–Crippen MR) is 132 cm³/mol. The Balaban J connectivity index is 1.86. The summed E-state index contributed by atoms with van der Waals surface area (Å²) in [6.07, 6.45) is 0.658. The Labute approximate surface area is 200 Å². The van der Waals surface area contributed by atoms with Gasteiger partial charge in [0, 0.05) is 5.56 Å². The van der Waals surface area contributed by atoms with Gasteiger partial charge >= 0.3 is 0 Å². The summed E-state index contributed by atoms with van der Waals surface area (Å²) in [6, 6.07) is 16.8. The largest absolute Gasteiger partial charge is 0.497 e. The van der Waals surface area contributed by atoms with Crippen LogP contribution < -0.4 is 14.8 Å². The summed E-state index contributed by atoms with van der Waals surface area (Å²) in [6.45, 7) is 5.70. The number of anilines is 1. The Morgan fingerprint density at radius 3 is 2.39 bits per heavy atom. The molecule has 0 unspecified atom stereocenters. The van der Waals surface area contributed by atoms with Gasteiger partial charge in [-0.1, -0.05) is 42.8 Å². The number of aryl methyl sites for hydroxylation is 1. The van der Waals surface area contributed by atoms with Crippen molar-refractivity contribution in [3.05, 3.63) is 87.9 Å². The summed E-state index contributed by atoms with van der Waals surface area (Å²) < 4.78 is 33.9. The van der Waals surface area contributed by atoms with Crippen LogP contribution in [0.3, 0.4) is 0 Å². The van der Waals surface area contributed by atoms with Crippen molar-refractivity contribution in [1.29, 1.82) is 0 Å². The Morgan fingerprint density at radius 1 is 1.06 bits per heavy atom. The van der Waals surface area contributed by atoms with E-state index in [0.29, 0.717) is 12.1 Å². The van der Waals surface area contributed by atoms with E-state index in [0.717, 1.165) is 22.4 Å². The molecule has 33 heavy (non-hydrogen) atoms. The molecule has 0 aliphatic carbocycles. The SMILES string of the molecule is CC[C@H](NC(=O)c1ccc(Cl)c(S(=O)(=O)Nc2cccc(C)c2C)c1)c1ccc(OC)cc1. The van der Waals surface area contributed by atoms with E-state index in [9.17, 15) is 13.2 Å². The molecule has 174 valence electrons. The molecule has 3 rings (SSSR count). The van der Waals surface area contributed by atoms with Crippen LogP contribution in [0.5, 0.6) is 5.75 Å². The molecule has 0 bridgehead atoms. The van der Waals surface area contributed by atoms with Gasteiger partial charge < -0.3 is 10.1 Å². The van der Waals surface area contributed by atoms with Gasteiger partial charge in [0.25, 0.3) is 15.9 Å². The van der Waals surface area contributed by atoms with Crippen LogP contribution in [-0.2, 0) is 10.0 Å². The average Bonchev–Trinajstić information content (AvgIpc) is 2.80. The van der Waals surface area contributed by atoms with Crippen LogP contribution in [0.25, 0.3) is 0 Å². The topological polar surface area (TPSA) is 84.5 Å². The first-order valence-electron chi connectivity index (χ1n) is 10.5. The molecule has 0 saturated heterocycles. The molecule has 6 nitrogen and oxygen atoms in total. The Hall–Kier alpha value is -3.03. The van der Waals surface area contributed by atoms with E-state index < -0.39 is 15.9 Å². The molecule has 2 N–H and O–H groups in total. The summed E-state index contributed by atoms with van der Waals surface area (Å²) in [5, 5.41) is 3.00. The van der Waals surface area contributed by atoms with Gasteiger partial charge in [-0.05, 0) is 73.4 Å². The van der Waals surface area contributed by atoms with Gasteiger partial charge in [0.05, 0.1) is 23.9 Å². The molecule has 8 heteroatoms. The standard InChI is InChI=1S/C25H27ClN2O4S/c1-5-22(18-9-12-20(32-4)13-10-18)27-25(29)19-11-14-21(26)24(15-19)33(30,31)28-23-8-6-7-16(2)17(23)3/h6-15,22,28H,5H2,1-4H3,(H,27,29)/t22-/m0/s1. The number of hydrogen-bond donors (Lipinski definition) is 2. The molecule has 0 aliphatic heterocycles. The lowest BCUT2D eigenvalue weighted by Gasteiger charge is -2.18. The zero-order valence-corrected chi connectivity index (χ0v) is 20.5. The van der Waals surface area contributed by atoms with E-state index in [1.54, 1.807) is 19.2 Å². The first kappa shape index (κ1) is 24.6. The number of nitrogens with one attached hydrogen (secondary N) is 2. The lowest BCUT2D eigenvalue weighted by atomic mass is 10.0. The first-order valence-corrected chi connectivity index (χ1v) is 12.4. The monoisotopic (exact) mass is 486 g/mol. The molecule has 0 heterocycles. The number of sulfonamides is 1. The van der Waals surface area contributed by atoms with E-state index in [2.05, 4.69) is 10.0 Å². The number of amides is 1. The molecule has 3 aromatic rings. The molecule has 0 radical (unpaired) electrons. The molecular weight excluding hydrogens is 460 g/mol. The molecule has 1 amide bonds. The quantitative estimate of drug-likeness (QED) is 0.431. The molecule has 3 aromatic carbocycles. The highest BCUT2D eigenvalue weighted by atomic mass is 35.5. The van der Waals surface area contributed by atoms with Crippen molar-refractivity contribution in [3.63, 3.8) is 0 Å². The highest BCUT2D eigenvalue weighted by Crippen LogP contribution is 2.28. The summed E-state index contributed by atoms with van der Waals surface area (Å²) in [5.41, 5.74) is 3.36. The van der Waals surface area contributed by atoms with Crippen LogP contribution in [0, 0.1) is 13.8 Å². The third-order valence-corrected chi connectivity index (χ3v) is 7.41. The van der Waals surface area contributed by atoms with E-state index in [1.165, 1.54) is 18.2 Å². The first-order chi connectivity index (χ1) is 15.7. The zero-order valence-electron chi connectivity index (χ0n) is 19.0. The number of benzene rings is 3. The smallest absolute Gasteiger partial charge is 0.263 e. The summed E-state index contributed by atoms with van der Waals surface area (Å²) in [5.74, 6) is 0.335. The van der Waals surface area contributed by atoms with E-state index >= 15 is 0 Å². The third kappa shape index (κ3) is 5.67. The molecule has 0 fully saturated rings. The molecule has 1 atom stereocenters. The normalized spacial score (nSPS) is 12.2. The van der Waals surface area contributed by atoms with Crippen LogP contribution in [0.1, 0.15) is 46.4 Å². The number of halogens is 1. The van der Waals surface area contributed by atoms with E-state index in [4.69, 9.17) is 16.3 Å². The molecule has 0 aliphatic rings. The maximum absolute atomic E-state index is 13.1. The number of rotatable bonds is 8. The predicted octanol–water partition coefficient (Wildman–Crippen LogP) is 5.65. The Bertz CT molecular complexity index is 1260. The zero-order chi connectivity index (χ0) is 24.2. The van der Waals surface area contributed by atoms with Gasteiger partial charge in [0.2, 0.25) is 0 Å². The number of hydrogen-bond acceptors (Lipinski definition) is 4. The Morgan fingerprint density at radius 2 is 1.76 bits per heavy atom. The van der Waals surface area contributed by atoms with Gasteiger partial charge in [-0.25, -0.2) is 8.42 Å². The number of carbonyl (C=O) groups is 1. The van der Waals surface area contributed by atoms with Crippen LogP contribution in [0.15, 0.2) is 65.6 Å². The van der Waals surface area contributed by atoms with Gasteiger partial charge in [-0.3, -0.25) is 9.52 Å². The van der Waals surface area contributed by atoms with Gasteiger partial charge in [0.15, 0.2) is 0 Å². The lowest BCUT2D eigenvalue weighted by molar-refractivity contribution is 0.0935. The van der Waals surface area contributed by atoms with Crippen molar-refractivity contribution < 1.29 is 17.9 Å². The maximum Gasteiger partial charge on any atom is 0.263 e. The lowest BCUT2D eigenvalue weighted by Crippen LogP contribution is -2.28. The second-order valence-corrected chi connectivity index (χ2v) is 9.76. The molecule has 0 spiro atoms. The van der Waals surface area contributed by atoms with Gasteiger partial charge in [-0.2, -0.15) is 0 Å². The molecule has 0 saturated carbocycles. The summed E-state index contributed by atoms with van der Waals surface area (Å²) in [4.78, 5) is 12.8. The van der Waals surface area contributed by atoms with Crippen LogP contribution in [0.4, 0.5) is 5.69 Å². The summed E-state index contributed by atoms with van der Waals surface area (Å²) in [7, 11) is -2.42. The minimum absolute atomic E-state index is 0.0338. The van der Waals surface area contributed by atoms with Crippen molar-refractivity contribution in [2.45, 2.75) is 38.1 Å². The van der Waals surface area contributed by atoms with Crippen molar-refractivity contribution in [3.8, 4) is 5.75 Å². The van der Waals surface area contributed by atoms with Gasteiger partial charge in [0.1, 0.15) is 10.6 Å². The number of ether oxygens (including phenoxy) is 1. The van der Waals surface area contributed by atoms with Crippen LogP contribution in [0.2, 0.25) is 5.02 Å². The molecule has 0 aromatic heterocycles. The van der Waals surface area contributed by atoms with Crippen molar-refractivity contribution in [2.24, 2.45) is 0 Å². The van der Waals surface area contributed by atoms with E-state index in [1.807, 2.05) is 51.1 Å². The highest BCUT2D eigenvalue weighted by molar-refractivity contribution is 7.92. The second kappa shape index (κ2) is 10.3. The fourth-order valence-electron chi connectivity index (χ4n) is 3.41. The number of methoxy groups -OCH3 is 1. The third-order valence-electron chi connectivity index (χ3n) is 5.56. The van der Waals surface area contributed by atoms with Crippen LogP contribution >= 0.6 is 11.6 Å². The van der Waals surface area contributed by atoms with Gasteiger partial charge in [-0.15, -0.1) is 0 Å². The van der Waals surface area contributed by atoms with Crippen molar-refractivity contribution in [1.82, 2.24) is 5.32 Å². The minimum atomic E-state index is -4.01. The maximum atomic E-state index is 13.1. The average molecular weight is 487 g/mol. The Kier molecular flexibility index (Phi) is 7.66. The second-order valence-electron chi connectivity index (χ2n) is 7.71. The number of carbonyl (C=O) groups excluding carboxylic acids is 1. The minimum Gasteiger partial charge on any atom is -0.497 e. The molecular formula is C25H27ClN2O4S. The van der Waals surface area contributed by atoms with E-state index in [-0.39, 0.29) is 21.5 Å². The summed E-state index contributed by atoms with van der Waals surface area (Å²) >= 11 is 6.22. The van der Waals surface area contributed by atoms with Crippen LogP contribution in [-0.4, -0.2) is 21.4 Å².